The first-order valence-corrected chi connectivity index (χ1v) is 8.15. The quantitative estimate of drug-likeness (QED) is 0.888. The second kappa shape index (κ2) is 7.02. The summed E-state index contributed by atoms with van der Waals surface area (Å²) in [5.41, 5.74) is 0.952. The summed E-state index contributed by atoms with van der Waals surface area (Å²) in [4.78, 5) is 12.3. The highest BCUT2D eigenvalue weighted by Gasteiger charge is 2.30. The van der Waals surface area contributed by atoms with Crippen LogP contribution in [0.25, 0.3) is 0 Å². The van der Waals surface area contributed by atoms with E-state index in [1.54, 1.807) is 10.9 Å². The Bertz CT molecular complexity index is 649. The molecule has 1 amide bonds. The number of furan rings is 1. The molecule has 1 atom stereocenters. The van der Waals surface area contributed by atoms with Gasteiger partial charge in [0.05, 0.1) is 12.2 Å². The maximum Gasteiger partial charge on any atom is 0.220 e. The number of carbonyl (C=O) groups is 1. The van der Waals surface area contributed by atoms with E-state index in [0.29, 0.717) is 12.8 Å². The number of hydrogen-bond acceptors (Lipinski definition) is 3. The minimum absolute atomic E-state index is 0.0308. The average molecular weight is 317 g/mol. The van der Waals surface area contributed by atoms with Crippen LogP contribution >= 0.6 is 0 Å². The molecule has 23 heavy (non-hydrogen) atoms. The first kappa shape index (κ1) is 17.3. The first-order valence-electron chi connectivity index (χ1n) is 8.15. The molecule has 2 rings (SSSR count). The van der Waals surface area contributed by atoms with Gasteiger partial charge in [-0.1, -0.05) is 27.7 Å². The topological polar surface area (TPSA) is 60.1 Å². The normalized spacial score (nSPS) is 13.1. The number of nitrogens with zero attached hydrogens (tertiary/aromatic N) is 2. The highest BCUT2D eigenvalue weighted by Crippen LogP contribution is 2.33. The van der Waals surface area contributed by atoms with Crippen molar-refractivity contribution in [3.63, 3.8) is 0 Å². The lowest BCUT2D eigenvalue weighted by molar-refractivity contribution is -0.122. The van der Waals surface area contributed by atoms with Crippen molar-refractivity contribution in [3.8, 4) is 0 Å². The molecule has 126 valence electrons. The van der Waals surface area contributed by atoms with E-state index in [4.69, 9.17) is 4.42 Å². The van der Waals surface area contributed by atoms with Gasteiger partial charge in [0, 0.05) is 26.1 Å². The van der Waals surface area contributed by atoms with Crippen LogP contribution in [0.3, 0.4) is 0 Å². The molecule has 0 fully saturated rings. The van der Waals surface area contributed by atoms with Crippen LogP contribution in [0.15, 0.2) is 28.9 Å². The number of hydrogen-bond donors (Lipinski definition) is 1. The molecule has 0 spiro atoms. The summed E-state index contributed by atoms with van der Waals surface area (Å²) in [6, 6.07) is 3.82. The Labute approximate surface area is 138 Å². The van der Waals surface area contributed by atoms with Gasteiger partial charge in [0.25, 0.3) is 0 Å². The second-order valence-electron chi connectivity index (χ2n) is 7.05. The summed E-state index contributed by atoms with van der Waals surface area (Å²) in [5.74, 6) is 1.80. The van der Waals surface area contributed by atoms with Gasteiger partial charge in [-0.05, 0) is 29.5 Å². The molecule has 0 bridgehead atoms. The summed E-state index contributed by atoms with van der Waals surface area (Å²) in [7, 11) is 1.88. The lowest BCUT2D eigenvalue weighted by Crippen LogP contribution is -2.36. The lowest BCUT2D eigenvalue weighted by atomic mass is 9.85. The third-order valence-corrected chi connectivity index (χ3v) is 3.89. The van der Waals surface area contributed by atoms with Gasteiger partial charge in [-0.15, -0.1) is 0 Å². The van der Waals surface area contributed by atoms with Crippen molar-refractivity contribution in [2.24, 2.45) is 12.5 Å². The molecule has 0 aliphatic rings. The van der Waals surface area contributed by atoms with E-state index < -0.39 is 0 Å². The molecule has 0 saturated heterocycles. The molecule has 2 heterocycles. The van der Waals surface area contributed by atoms with Gasteiger partial charge < -0.3 is 9.73 Å². The molecule has 0 aromatic carbocycles. The van der Waals surface area contributed by atoms with Crippen LogP contribution in [0.1, 0.15) is 57.2 Å². The molecule has 0 saturated carbocycles. The van der Waals surface area contributed by atoms with Crippen molar-refractivity contribution in [3.05, 3.63) is 41.6 Å². The van der Waals surface area contributed by atoms with Gasteiger partial charge in [0.15, 0.2) is 0 Å². The smallest absolute Gasteiger partial charge is 0.220 e. The monoisotopic (exact) mass is 317 g/mol. The van der Waals surface area contributed by atoms with E-state index in [2.05, 4.69) is 38.1 Å². The summed E-state index contributed by atoms with van der Waals surface area (Å²) < 4.78 is 7.61. The van der Waals surface area contributed by atoms with Gasteiger partial charge in [-0.2, -0.15) is 5.10 Å². The Morgan fingerprint density at radius 2 is 2.13 bits per heavy atom. The highest BCUT2D eigenvalue weighted by molar-refractivity contribution is 5.76. The third-order valence-electron chi connectivity index (χ3n) is 3.89. The van der Waals surface area contributed by atoms with E-state index in [-0.39, 0.29) is 17.4 Å². The molecular formula is C18H27N3O2. The minimum atomic E-state index is -0.135. The maximum atomic E-state index is 12.3. The number of nitrogens with one attached hydrogen (secondary N) is 1. The number of amides is 1. The van der Waals surface area contributed by atoms with Gasteiger partial charge in [-0.25, -0.2) is 0 Å². The second-order valence-corrected chi connectivity index (χ2v) is 7.05. The van der Waals surface area contributed by atoms with Crippen molar-refractivity contribution >= 4 is 5.91 Å². The SMILES string of the molecule is CCc1ccc(C(NC(=O)CCc2cnn(C)c2)C(C)(C)C)o1. The molecule has 0 aliphatic carbocycles. The molecule has 0 aliphatic heterocycles. The van der Waals surface area contributed by atoms with Crippen molar-refractivity contribution in [2.75, 3.05) is 0 Å². The van der Waals surface area contributed by atoms with Gasteiger partial charge in [0.2, 0.25) is 5.91 Å². The van der Waals surface area contributed by atoms with Crippen LogP contribution in [0.2, 0.25) is 0 Å². The van der Waals surface area contributed by atoms with E-state index >= 15 is 0 Å². The number of carbonyl (C=O) groups excluding carboxylic acids is 1. The van der Waals surface area contributed by atoms with Crippen LogP contribution in [0.4, 0.5) is 0 Å². The molecule has 2 aromatic heterocycles. The molecular weight excluding hydrogens is 290 g/mol. The Hall–Kier alpha value is -2.04. The Balaban J connectivity index is 2.01. The number of aryl methyl sites for hydroxylation is 3. The van der Waals surface area contributed by atoms with Gasteiger partial charge >= 0.3 is 0 Å². The third kappa shape index (κ3) is 4.71. The van der Waals surface area contributed by atoms with E-state index in [9.17, 15) is 4.79 Å². The highest BCUT2D eigenvalue weighted by atomic mass is 16.3. The predicted molar refractivity (Wildman–Crippen MR) is 90.0 cm³/mol. The molecule has 0 radical (unpaired) electrons. The van der Waals surface area contributed by atoms with Crippen molar-refractivity contribution in [1.29, 1.82) is 0 Å². The molecule has 1 N–H and O–H groups in total. The van der Waals surface area contributed by atoms with Gasteiger partial charge in [-0.3, -0.25) is 9.48 Å². The largest absolute Gasteiger partial charge is 0.464 e. The number of aromatic nitrogens is 2. The standard InChI is InChI=1S/C18H27N3O2/c1-6-14-8-9-15(23-14)17(18(2,3)4)20-16(22)10-7-13-11-19-21(5)12-13/h8-9,11-12,17H,6-7,10H2,1-5H3,(H,20,22). The fourth-order valence-electron chi connectivity index (χ4n) is 2.55. The van der Waals surface area contributed by atoms with E-state index in [1.165, 1.54) is 0 Å². The van der Waals surface area contributed by atoms with Crippen LogP contribution in [0, 0.1) is 5.41 Å². The van der Waals surface area contributed by atoms with E-state index in [1.807, 2.05) is 25.4 Å². The fraction of sp³-hybridized carbons (Fsp3) is 0.556. The molecule has 5 nitrogen and oxygen atoms in total. The van der Waals surface area contributed by atoms with Crippen molar-refractivity contribution in [1.82, 2.24) is 15.1 Å². The zero-order valence-corrected chi connectivity index (χ0v) is 14.7. The van der Waals surface area contributed by atoms with Gasteiger partial charge in [0.1, 0.15) is 11.5 Å². The Morgan fingerprint density at radius 3 is 2.65 bits per heavy atom. The van der Waals surface area contributed by atoms with Crippen LogP contribution in [-0.4, -0.2) is 15.7 Å². The fourth-order valence-corrected chi connectivity index (χ4v) is 2.55. The lowest BCUT2D eigenvalue weighted by Gasteiger charge is -2.30. The zero-order chi connectivity index (χ0) is 17.0. The molecule has 5 heteroatoms. The van der Waals surface area contributed by atoms with E-state index in [0.717, 1.165) is 23.5 Å². The molecule has 2 aromatic rings. The van der Waals surface area contributed by atoms with Crippen LogP contribution in [0.5, 0.6) is 0 Å². The number of rotatable bonds is 6. The Kier molecular flexibility index (Phi) is 5.29. The van der Waals surface area contributed by atoms with Crippen molar-refractivity contribution < 1.29 is 9.21 Å². The Morgan fingerprint density at radius 1 is 1.39 bits per heavy atom. The zero-order valence-electron chi connectivity index (χ0n) is 14.7. The summed E-state index contributed by atoms with van der Waals surface area (Å²) >= 11 is 0. The molecule has 1 unspecified atom stereocenters. The minimum Gasteiger partial charge on any atom is -0.464 e. The average Bonchev–Trinajstić information content (AvgIpc) is 3.10. The van der Waals surface area contributed by atoms with Crippen LogP contribution in [-0.2, 0) is 24.7 Å². The maximum absolute atomic E-state index is 12.3. The van der Waals surface area contributed by atoms with Crippen LogP contribution < -0.4 is 5.32 Å². The van der Waals surface area contributed by atoms with Crippen molar-refractivity contribution in [2.45, 2.75) is 53.0 Å². The first-order chi connectivity index (χ1) is 10.8. The predicted octanol–water partition coefficient (Wildman–Crippen LogP) is 3.41. The summed E-state index contributed by atoms with van der Waals surface area (Å²) in [5, 5.41) is 7.25. The summed E-state index contributed by atoms with van der Waals surface area (Å²) in [6.07, 6.45) is 5.73. The summed E-state index contributed by atoms with van der Waals surface area (Å²) in [6.45, 7) is 8.37.